The van der Waals surface area contributed by atoms with Crippen LogP contribution in [-0.2, 0) is 4.74 Å². The van der Waals surface area contributed by atoms with E-state index in [1.807, 2.05) is 6.07 Å². The van der Waals surface area contributed by atoms with Gasteiger partial charge >= 0.3 is 0 Å². The Hall–Kier alpha value is -0.620. The number of ether oxygens (including phenoxy) is 1. The largest absolute Gasteiger partial charge is 0.374 e. The molecule has 1 N–H and O–H groups in total. The van der Waals surface area contributed by atoms with Gasteiger partial charge in [-0.1, -0.05) is 27.5 Å². The van der Waals surface area contributed by atoms with Crippen LogP contribution in [0, 0.1) is 0 Å². The Balaban J connectivity index is 2.03. The molecule has 1 unspecified atom stereocenters. The number of rotatable bonds is 3. The van der Waals surface area contributed by atoms with E-state index in [0.717, 1.165) is 17.6 Å². The Morgan fingerprint density at radius 2 is 2.42 bits per heavy atom. The molecule has 6 heteroatoms. The van der Waals surface area contributed by atoms with Gasteiger partial charge in [-0.2, -0.15) is 0 Å². The molecule has 104 valence electrons. The number of morpholine rings is 1. The lowest BCUT2D eigenvalue weighted by Crippen LogP contribution is -2.45. The van der Waals surface area contributed by atoms with E-state index in [2.05, 4.69) is 21.2 Å². The second kappa shape index (κ2) is 6.70. The maximum Gasteiger partial charge on any atom is 0.255 e. The second-order valence-electron chi connectivity index (χ2n) is 4.51. The van der Waals surface area contributed by atoms with Crippen molar-refractivity contribution in [2.75, 3.05) is 33.3 Å². The third-order valence-electron chi connectivity index (χ3n) is 2.99. The van der Waals surface area contributed by atoms with Gasteiger partial charge in [-0.15, -0.1) is 0 Å². The molecule has 1 aromatic rings. The maximum atomic E-state index is 12.3. The number of benzene rings is 1. The fourth-order valence-corrected chi connectivity index (χ4v) is 2.55. The fraction of sp³-hybridized carbons (Fsp3) is 0.462. The minimum Gasteiger partial charge on any atom is -0.374 e. The Morgan fingerprint density at radius 1 is 1.63 bits per heavy atom. The average Bonchev–Trinajstić information content (AvgIpc) is 2.42. The zero-order valence-corrected chi connectivity index (χ0v) is 13.0. The van der Waals surface area contributed by atoms with Gasteiger partial charge in [-0.25, -0.2) is 0 Å². The van der Waals surface area contributed by atoms with Gasteiger partial charge < -0.3 is 15.0 Å². The van der Waals surface area contributed by atoms with E-state index in [0.29, 0.717) is 23.7 Å². The molecular weight excluding hydrogens is 332 g/mol. The van der Waals surface area contributed by atoms with E-state index < -0.39 is 0 Å². The molecule has 0 spiro atoms. The second-order valence-corrected chi connectivity index (χ2v) is 5.83. The molecule has 1 aliphatic heterocycles. The quantitative estimate of drug-likeness (QED) is 0.911. The highest BCUT2D eigenvalue weighted by atomic mass is 79.9. The van der Waals surface area contributed by atoms with Crippen molar-refractivity contribution in [3.63, 3.8) is 0 Å². The van der Waals surface area contributed by atoms with Gasteiger partial charge in [0.15, 0.2) is 0 Å². The molecule has 0 radical (unpaired) electrons. The molecule has 1 atom stereocenters. The zero-order valence-electron chi connectivity index (χ0n) is 10.7. The van der Waals surface area contributed by atoms with Gasteiger partial charge in [0.25, 0.3) is 5.91 Å². The fourth-order valence-electron chi connectivity index (χ4n) is 1.99. The van der Waals surface area contributed by atoms with Crippen LogP contribution in [0.5, 0.6) is 0 Å². The van der Waals surface area contributed by atoms with Crippen LogP contribution in [0.4, 0.5) is 0 Å². The van der Waals surface area contributed by atoms with Gasteiger partial charge in [0.1, 0.15) is 0 Å². The van der Waals surface area contributed by atoms with Crippen molar-refractivity contribution < 1.29 is 9.53 Å². The first-order valence-electron chi connectivity index (χ1n) is 6.11. The lowest BCUT2D eigenvalue weighted by Gasteiger charge is -2.28. The van der Waals surface area contributed by atoms with Crippen LogP contribution >= 0.6 is 27.5 Å². The van der Waals surface area contributed by atoms with Gasteiger partial charge in [0, 0.05) is 31.2 Å². The van der Waals surface area contributed by atoms with Gasteiger partial charge in [-0.05, 0) is 18.2 Å². The van der Waals surface area contributed by atoms with Gasteiger partial charge in [0.05, 0.1) is 23.3 Å². The van der Waals surface area contributed by atoms with E-state index in [1.165, 1.54) is 0 Å². The summed E-state index contributed by atoms with van der Waals surface area (Å²) in [5.41, 5.74) is 0.502. The van der Waals surface area contributed by atoms with Gasteiger partial charge in [-0.3, -0.25) is 4.79 Å². The highest BCUT2D eigenvalue weighted by Crippen LogP contribution is 2.22. The molecule has 1 amide bonds. The number of nitrogens with zero attached hydrogens (tertiary/aromatic N) is 1. The molecule has 0 aliphatic carbocycles. The molecule has 19 heavy (non-hydrogen) atoms. The zero-order chi connectivity index (χ0) is 13.8. The molecule has 2 rings (SSSR count). The normalized spacial score (nSPS) is 19.2. The van der Waals surface area contributed by atoms with Crippen molar-refractivity contribution in [2.45, 2.75) is 6.10 Å². The van der Waals surface area contributed by atoms with Crippen molar-refractivity contribution in [2.24, 2.45) is 0 Å². The summed E-state index contributed by atoms with van der Waals surface area (Å²) < 4.78 is 6.43. The smallest absolute Gasteiger partial charge is 0.255 e. The monoisotopic (exact) mass is 346 g/mol. The Bertz CT molecular complexity index is 464. The van der Waals surface area contributed by atoms with E-state index in [4.69, 9.17) is 16.3 Å². The molecule has 0 bridgehead atoms. The summed E-state index contributed by atoms with van der Waals surface area (Å²) >= 11 is 9.41. The first-order valence-corrected chi connectivity index (χ1v) is 7.28. The molecule has 1 fully saturated rings. The summed E-state index contributed by atoms with van der Waals surface area (Å²) in [6.45, 7) is 2.87. The topological polar surface area (TPSA) is 41.6 Å². The number of hydrogen-bond donors (Lipinski definition) is 1. The van der Waals surface area contributed by atoms with E-state index in [1.54, 1.807) is 24.1 Å². The van der Waals surface area contributed by atoms with Crippen LogP contribution in [-0.4, -0.2) is 50.2 Å². The van der Waals surface area contributed by atoms with Crippen LogP contribution in [0.15, 0.2) is 22.7 Å². The number of hydrogen-bond acceptors (Lipinski definition) is 3. The lowest BCUT2D eigenvalue weighted by atomic mass is 10.2. The molecule has 0 saturated carbocycles. The van der Waals surface area contributed by atoms with Crippen molar-refractivity contribution in [3.05, 3.63) is 33.3 Å². The predicted molar refractivity (Wildman–Crippen MR) is 78.7 cm³/mol. The number of halogens is 2. The highest BCUT2D eigenvalue weighted by molar-refractivity contribution is 9.10. The minimum atomic E-state index is -0.0968. The Kier molecular flexibility index (Phi) is 5.21. The van der Waals surface area contributed by atoms with E-state index in [9.17, 15) is 4.79 Å². The van der Waals surface area contributed by atoms with Crippen molar-refractivity contribution in [1.29, 1.82) is 0 Å². The summed E-state index contributed by atoms with van der Waals surface area (Å²) in [5.74, 6) is -0.0968. The summed E-state index contributed by atoms with van der Waals surface area (Å²) in [6.07, 6.45) is 0.0358. The highest BCUT2D eigenvalue weighted by Gasteiger charge is 2.21. The molecular formula is C13H16BrClN2O2. The summed E-state index contributed by atoms with van der Waals surface area (Å²) in [4.78, 5) is 14.0. The standard InChI is InChI=1S/C13H16BrClN2O2/c1-17(8-10-7-16-4-5-19-10)13(18)11-6-9(14)2-3-12(11)15/h2-3,6,10,16H,4-5,7-8H2,1H3. The Labute approximate surface area is 126 Å². The van der Waals surface area contributed by atoms with E-state index >= 15 is 0 Å². The number of nitrogens with one attached hydrogen (secondary N) is 1. The van der Waals surface area contributed by atoms with Crippen LogP contribution in [0.3, 0.4) is 0 Å². The lowest BCUT2D eigenvalue weighted by molar-refractivity contribution is 0.0104. The number of carbonyl (C=O) groups excluding carboxylic acids is 1. The third-order valence-corrected chi connectivity index (χ3v) is 3.81. The van der Waals surface area contributed by atoms with Crippen LogP contribution in [0.1, 0.15) is 10.4 Å². The van der Waals surface area contributed by atoms with Crippen LogP contribution in [0.2, 0.25) is 5.02 Å². The molecule has 1 heterocycles. The molecule has 1 aliphatic rings. The van der Waals surface area contributed by atoms with Crippen LogP contribution < -0.4 is 5.32 Å². The van der Waals surface area contributed by atoms with Gasteiger partial charge in [0.2, 0.25) is 0 Å². The summed E-state index contributed by atoms with van der Waals surface area (Å²) in [6, 6.07) is 5.26. The van der Waals surface area contributed by atoms with Crippen LogP contribution in [0.25, 0.3) is 0 Å². The summed E-state index contributed by atoms with van der Waals surface area (Å²) in [7, 11) is 1.76. The summed E-state index contributed by atoms with van der Waals surface area (Å²) in [5, 5.41) is 3.70. The molecule has 1 aromatic carbocycles. The van der Waals surface area contributed by atoms with E-state index in [-0.39, 0.29) is 12.0 Å². The average molecular weight is 348 g/mol. The maximum absolute atomic E-state index is 12.3. The third kappa shape index (κ3) is 3.92. The number of likely N-dealkylation sites (N-methyl/N-ethyl adjacent to an activating group) is 1. The van der Waals surface area contributed by atoms with Crippen molar-refractivity contribution in [3.8, 4) is 0 Å². The van der Waals surface area contributed by atoms with Crippen molar-refractivity contribution in [1.82, 2.24) is 10.2 Å². The number of carbonyl (C=O) groups is 1. The van der Waals surface area contributed by atoms with Crippen molar-refractivity contribution >= 4 is 33.4 Å². The minimum absolute atomic E-state index is 0.0358. The SMILES string of the molecule is CN(CC1CNCCO1)C(=O)c1cc(Br)ccc1Cl. The molecule has 4 nitrogen and oxygen atoms in total. The Morgan fingerprint density at radius 3 is 3.11 bits per heavy atom. The first-order chi connectivity index (χ1) is 9.08. The molecule has 1 saturated heterocycles. The first kappa shape index (κ1) is 14.8. The number of amides is 1. The molecule has 0 aromatic heterocycles. The predicted octanol–water partition coefficient (Wildman–Crippen LogP) is 2.16.